The Morgan fingerprint density at radius 2 is 1.33 bits per heavy atom. The van der Waals surface area contributed by atoms with Crippen molar-refractivity contribution in [3.05, 3.63) is 95.9 Å². The highest BCUT2D eigenvalue weighted by atomic mass is 16.5. The fourth-order valence-corrected chi connectivity index (χ4v) is 5.88. The van der Waals surface area contributed by atoms with Crippen molar-refractivity contribution in [3.8, 4) is 11.5 Å². The molecule has 6 aromatic rings. The lowest BCUT2D eigenvalue weighted by molar-refractivity contribution is -0.130. The first-order chi connectivity index (χ1) is 20.4. The third-order valence-corrected chi connectivity index (χ3v) is 8.28. The van der Waals surface area contributed by atoms with Gasteiger partial charge in [0.25, 0.3) is 0 Å². The van der Waals surface area contributed by atoms with Crippen molar-refractivity contribution < 1.29 is 19.1 Å². The Balaban J connectivity index is 1.49. The number of likely N-dealkylation sites (N-methyl/N-ethyl adjacent to an activating group) is 1. The minimum Gasteiger partial charge on any atom is -0.497 e. The van der Waals surface area contributed by atoms with E-state index in [4.69, 9.17) is 9.47 Å². The number of methoxy groups -OCH3 is 2. The summed E-state index contributed by atoms with van der Waals surface area (Å²) in [5.41, 5.74) is 3.92. The van der Waals surface area contributed by atoms with Crippen LogP contribution in [0.5, 0.6) is 11.5 Å². The van der Waals surface area contributed by atoms with Crippen LogP contribution in [0.1, 0.15) is 23.6 Å². The maximum atomic E-state index is 14.7. The lowest BCUT2D eigenvalue weighted by atomic mass is 9.74. The molecule has 0 spiro atoms. The Hall–Kier alpha value is -5.18. The van der Waals surface area contributed by atoms with Gasteiger partial charge in [-0.25, -0.2) is 0 Å². The number of hydrogen-bond acceptors (Lipinski definition) is 4. The summed E-state index contributed by atoms with van der Waals surface area (Å²) in [4.78, 5) is 37.8. The van der Waals surface area contributed by atoms with Crippen molar-refractivity contribution in [3.63, 3.8) is 0 Å². The van der Waals surface area contributed by atoms with Crippen LogP contribution >= 0.6 is 0 Å². The molecule has 0 radical (unpaired) electrons. The van der Waals surface area contributed by atoms with E-state index >= 15 is 0 Å². The highest BCUT2D eigenvalue weighted by Gasteiger charge is 2.42. The molecular formula is C33H33N5O4. The first kappa shape index (κ1) is 27.0. The number of nitrogens with one attached hydrogen (secondary N) is 5. The van der Waals surface area contributed by atoms with Crippen LogP contribution in [0.25, 0.3) is 32.7 Å². The van der Waals surface area contributed by atoms with Gasteiger partial charge in [0.2, 0.25) is 11.8 Å². The van der Waals surface area contributed by atoms with E-state index in [-0.39, 0.29) is 11.8 Å². The van der Waals surface area contributed by atoms with Crippen LogP contribution in [0, 0.1) is 0 Å². The number of para-hydroxylation sites is 1. The van der Waals surface area contributed by atoms with Gasteiger partial charge in [0.15, 0.2) is 0 Å². The average molecular weight is 564 g/mol. The smallest absolute Gasteiger partial charge is 0.242 e. The predicted molar refractivity (Wildman–Crippen MR) is 164 cm³/mol. The molecule has 0 saturated carbocycles. The zero-order valence-electron chi connectivity index (χ0n) is 23.9. The monoisotopic (exact) mass is 563 g/mol. The molecule has 42 heavy (non-hydrogen) atoms. The van der Waals surface area contributed by atoms with Crippen molar-refractivity contribution in [2.24, 2.45) is 0 Å². The summed E-state index contributed by atoms with van der Waals surface area (Å²) in [5, 5.41) is 8.55. The van der Waals surface area contributed by atoms with E-state index in [1.165, 1.54) is 0 Å². The number of aromatic nitrogens is 3. The second-order valence-corrected chi connectivity index (χ2v) is 10.6. The summed E-state index contributed by atoms with van der Waals surface area (Å²) < 4.78 is 11.0. The molecule has 3 aromatic carbocycles. The number of rotatable bonds is 9. The van der Waals surface area contributed by atoms with Gasteiger partial charge in [-0.3, -0.25) is 9.59 Å². The highest BCUT2D eigenvalue weighted by Crippen LogP contribution is 2.42. The van der Waals surface area contributed by atoms with E-state index in [0.717, 1.165) is 49.4 Å². The Morgan fingerprint density at radius 3 is 1.90 bits per heavy atom. The third-order valence-electron chi connectivity index (χ3n) is 8.28. The zero-order chi connectivity index (χ0) is 29.4. The normalized spacial score (nSPS) is 12.5. The number of aromatic amines is 3. The summed E-state index contributed by atoms with van der Waals surface area (Å²) in [5.74, 6) is 0.754. The molecule has 6 rings (SSSR count). The molecule has 1 atom stereocenters. The van der Waals surface area contributed by atoms with Crippen molar-refractivity contribution in [2.75, 3.05) is 21.3 Å². The Bertz CT molecular complexity index is 1850. The number of benzene rings is 3. The van der Waals surface area contributed by atoms with Gasteiger partial charge >= 0.3 is 0 Å². The molecule has 0 aliphatic heterocycles. The second-order valence-electron chi connectivity index (χ2n) is 10.6. The fourth-order valence-electron chi connectivity index (χ4n) is 5.88. The number of fused-ring (bicyclic) bond motifs is 3. The summed E-state index contributed by atoms with van der Waals surface area (Å²) in [6.45, 7) is 1.89. The molecule has 2 amide bonds. The Labute approximate surface area is 242 Å². The molecule has 0 unspecified atom stereocenters. The van der Waals surface area contributed by atoms with E-state index in [1.54, 1.807) is 21.3 Å². The molecule has 0 aliphatic carbocycles. The topological polar surface area (TPSA) is 124 Å². The molecule has 5 N–H and O–H groups in total. The van der Waals surface area contributed by atoms with Crippen LogP contribution < -0.4 is 20.1 Å². The van der Waals surface area contributed by atoms with Gasteiger partial charge in [0, 0.05) is 64.8 Å². The lowest BCUT2D eigenvalue weighted by Gasteiger charge is -2.31. The van der Waals surface area contributed by atoms with Crippen LogP contribution in [0.3, 0.4) is 0 Å². The molecule has 0 fully saturated rings. The molecule has 0 aliphatic rings. The summed E-state index contributed by atoms with van der Waals surface area (Å²) in [6.07, 6.45) is 5.92. The largest absolute Gasteiger partial charge is 0.497 e. The third kappa shape index (κ3) is 4.43. The predicted octanol–water partition coefficient (Wildman–Crippen LogP) is 4.93. The van der Waals surface area contributed by atoms with E-state index in [1.807, 2.05) is 86.2 Å². The lowest BCUT2D eigenvalue weighted by Crippen LogP contribution is -2.53. The number of hydrogen-bond donors (Lipinski definition) is 5. The van der Waals surface area contributed by atoms with Crippen LogP contribution in [-0.2, 0) is 21.4 Å². The zero-order valence-corrected chi connectivity index (χ0v) is 23.9. The van der Waals surface area contributed by atoms with Crippen molar-refractivity contribution in [2.45, 2.75) is 24.8 Å². The van der Waals surface area contributed by atoms with E-state index in [0.29, 0.717) is 17.9 Å². The summed E-state index contributed by atoms with van der Waals surface area (Å²) >= 11 is 0. The van der Waals surface area contributed by atoms with Gasteiger partial charge in [-0.2, -0.15) is 0 Å². The quantitative estimate of drug-likeness (QED) is 0.171. The second kappa shape index (κ2) is 10.7. The fraction of sp³-hybridized carbons (Fsp3) is 0.212. The Morgan fingerprint density at radius 1 is 0.786 bits per heavy atom. The average Bonchev–Trinajstić information content (AvgIpc) is 3.76. The van der Waals surface area contributed by atoms with Crippen molar-refractivity contribution in [1.82, 2.24) is 25.6 Å². The Kier molecular flexibility index (Phi) is 6.86. The molecular weight excluding hydrogens is 530 g/mol. The number of ether oxygens (including phenoxy) is 2. The minimum absolute atomic E-state index is 0.280. The van der Waals surface area contributed by atoms with Crippen molar-refractivity contribution in [1.29, 1.82) is 0 Å². The molecule has 0 bridgehead atoms. The van der Waals surface area contributed by atoms with Crippen LogP contribution in [0.4, 0.5) is 0 Å². The van der Waals surface area contributed by atoms with Crippen molar-refractivity contribution >= 4 is 44.5 Å². The molecule has 214 valence electrons. The van der Waals surface area contributed by atoms with Gasteiger partial charge in [-0.05, 0) is 66.1 Å². The van der Waals surface area contributed by atoms with E-state index < -0.39 is 11.5 Å². The maximum absolute atomic E-state index is 14.7. The number of H-pyrrole nitrogens is 3. The number of amides is 2. The standard InChI is InChI=1S/C33H33N5O4/c1-33(25-17-36-28-11-9-20(41-3)14-23(25)28,26-18-37-29-12-10-21(42-4)15-24(26)29)32(40)38-30(31(39)34-2)13-19-16-35-27-8-6-5-7-22(19)27/h5-12,14-18,30,35-37H,13H2,1-4H3,(H,34,39)(H,38,40)/t30-/m0/s1. The summed E-state index contributed by atoms with van der Waals surface area (Å²) in [6, 6.07) is 18.5. The molecule has 9 heteroatoms. The van der Waals surface area contributed by atoms with Gasteiger partial charge in [-0.15, -0.1) is 0 Å². The first-order valence-corrected chi connectivity index (χ1v) is 13.8. The molecule has 3 aromatic heterocycles. The van der Waals surface area contributed by atoms with Gasteiger partial charge < -0.3 is 35.1 Å². The molecule has 9 nitrogen and oxygen atoms in total. The van der Waals surface area contributed by atoms with E-state index in [2.05, 4.69) is 25.6 Å². The summed E-state index contributed by atoms with van der Waals surface area (Å²) in [7, 11) is 4.81. The molecule has 3 heterocycles. The van der Waals surface area contributed by atoms with Gasteiger partial charge in [0.05, 0.1) is 14.2 Å². The first-order valence-electron chi connectivity index (χ1n) is 13.8. The van der Waals surface area contributed by atoms with Crippen LogP contribution in [0.15, 0.2) is 79.3 Å². The van der Waals surface area contributed by atoms with Crippen LogP contribution in [0.2, 0.25) is 0 Å². The SMILES string of the molecule is CNC(=O)[C@H](Cc1c[nH]c2ccccc12)NC(=O)C(C)(c1c[nH]c2ccc(OC)cc12)c1c[nH]c2ccc(OC)cc12. The van der Waals surface area contributed by atoms with Gasteiger partial charge in [-0.1, -0.05) is 18.2 Å². The van der Waals surface area contributed by atoms with Crippen LogP contribution in [-0.4, -0.2) is 54.1 Å². The van der Waals surface area contributed by atoms with E-state index in [9.17, 15) is 9.59 Å². The maximum Gasteiger partial charge on any atom is 0.242 e. The highest BCUT2D eigenvalue weighted by molar-refractivity contribution is 6.03. The number of carbonyl (C=O) groups excluding carboxylic acids is 2. The van der Waals surface area contributed by atoms with Gasteiger partial charge in [0.1, 0.15) is 23.0 Å². The molecule has 0 saturated heterocycles. The minimum atomic E-state index is -1.22. The number of carbonyl (C=O) groups is 2.